The summed E-state index contributed by atoms with van der Waals surface area (Å²) in [5.41, 5.74) is 6.22. The number of piperazine rings is 1. The smallest absolute Gasteiger partial charge is 0.249 e. The minimum absolute atomic E-state index is 0.169. The highest BCUT2D eigenvalue weighted by Crippen LogP contribution is 2.40. The summed E-state index contributed by atoms with van der Waals surface area (Å²) in [5.74, 6) is -2.75. The molecule has 0 bridgehead atoms. The van der Waals surface area contributed by atoms with E-state index >= 15 is 0 Å². The van der Waals surface area contributed by atoms with E-state index in [0.29, 0.717) is 18.7 Å². The number of likely N-dealkylation sites (N-methyl/N-ethyl adjacent to an activating group) is 1. The van der Waals surface area contributed by atoms with Gasteiger partial charge >= 0.3 is 0 Å². The molecule has 0 radical (unpaired) electrons. The summed E-state index contributed by atoms with van der Waals surface area (Å²) in [5, 5.41) is 17.6. The molecule has 40 heavy (non-hydrogen) atoms. The highest BCUT2D eigenvalue weighted by molar-refractivity contribution is 6.16. The zero-order chi connectivity index (χ0) is 27.6. The van der Waals surface area contributed by atoms with Crippen LogP contribution >= 0.6 is 0 Å². The molecule has 1 saturated heterocycles. The van der Waals surface area contributed by atoms with E-state index in [1.807, 2.05) is 84.9 Å². The maximum absolute atomic E-state index is 13.8. The normalized spacial score (nSPS) is 15.6. The lowest BCUT2D eigenvalue weighted by Crippen LogP contribution is -2.44. The number of amides is 1. The van der Waals surface area contributed by atoms with Crippen LogP contribution in [0.2, 0.25) is 0 Å². The van der Waals surface area contributed by atoms with Gasteiger partial charge in [-0.3, -0.25) is 14.5 Å². The van der Waals surface area contributed by atoms with Crippen molar-refractivity contribution in [3.05, 3.63) is 101 Å². The molecule has 1 aromatic heterocycles. The topological polar surface area (TPSA) is 94.3 Å². The number of nitrogens with zero attached hydrogens (tertiary/aromatic N) is 5. The van der Waals surface area contributed by atoms with Gasteiger partial charge in [-0.1, -0.05) is 60.7 Å². The van der Waals surface area contributed by atoms with Crippen molar-refractivity contribution >= 4 is 17.4 Å². The lowest BCUT2D eigenvalue weighted by molar-refractivity contribution is -0.117. The number of fused-ring (bicyclic) bond motifs is 3. The van der Waals surface area contributed by atoms with E-state index in [0.717, 1.165) is 59.8 Å². The number of carbonyl (C=O) groups is 2. The molecule has 1 aliphatic carbocycles. The van der Waals surface area contributed by atoms with Crippen LogP contribution in [0.5, 0.6) is 0 Å². The minimum atomic E-state index is -1.52. The van der Waals surface area contributed by atoms with Crippen molar-refractivity contribution < 1.29 is 9.59 Å². The lowest BCUT2D eigenvalue weighted by atomic mass is 9.98. The van der Waals surface area contributed by atoms with Crippen molar-refractivity contribution in [2.24, 2.45) is 5.92 Å². The summed E-state index contributed by atoms with van der Waals surface area (Å²) >= 11 is 0. The van der Waals surface area contributed by atoms with Crippen molar-refractivity contribution in [2.75, 3.05) is 38.5 Å². The predicted octanol–water partition coefficient (Wildman–Crippen LogP) is 4.15. The van der Waals surface area contributed by atoms with E-state index in [2.05, 4.69) is 27.3 Å². The molecule has 2 aliphatic rings. The lowest BCUT2D eigenvalue weighted by Gasteiger charge is -2.32. The first kappa shape index (κ1) is 25.7. The van der Waals surface area contributed by atoms with E-state index in [9.17, 15) is 14.9 Å². The SMILES string of the molecule is CN1CCN(Cc2ccccc2NC(=O)C(C#N)C(=O)c2nn(-c3ccccc3)c3c2Cc2ccccc2-3)CC1. The number of carbonyl (C=O) groups excluding carboxylic acids is 2. The molecule has 0 saturated carbocycles. The molecule has 1 unspecified atom stereocenters. The van der Waals surface area contributed by atoms with Gasteiger partial charge in [-0.2, -0.15) is 10.4 Å². The molecule has 1 aliphatic heterocycles. The Balaban J connectivity index is 1.28. The van der Waals surface area contributed by atoms with Crippen LogP contribution in [-0.4, -0.2) is 64.5 Å². The highest BCUT2D eigenvalue weighted by Gasteiger charge is 2.36. The third-order valence-electron chi connectivity index (χ3n) is 7.78. The van der Waals surface area contributed by atoms with E-state index in [1.165, 1.54) is 0 Å². The van der Waals surface area contributed by atoms with Gasteiger partial charge in [0.05, 0.1) is 17.5 Å². The van der Waals surface area contributed by atoms with Crippen molar-refractivity contribution in [3.63, 3.8) is 0 Å². The molecular formula is C32H30N6O2. The molecule has 8 heteroatoms. The van der Waals surface area contributed by atoms with Crippen LogP contribution in [0.4, 0.5) is 5.69 Å². The monoisotopic (exact) mass is 530 g/mol. The summed E-state index contributed by atoms with van der Waals surface area (Å²) in [7, 11) is 2.11. The van der Waals surface area contributed by atoms with Crippen LogP contribution in [0, 0.1) is 17.2 Å². The van der Waals surface area contributed by atoms with E-state index in [1.54, 1.807) is 4.68 Å². The number of nitriles is 1. The average Bonchev–Trinajstić information content (AvgIpc) is 3.54. The molecule has 1 atom stereocenters. The summed E-state index contributed by atoms with van der Waals surface area (Å²) in [6, 6.07) is 27.1. The van der Waals surface area contributed by atoms with Gasteiger partial charge in [0.1, 0.15) is 5.69 Å². The van der Waals surface area contributed by atoms with E-state index in [4.69, 9.17) is 0 Å². The summed E-state index contributed by atoms with van der Waals surface area (Å²) in [4.78, 5) is 31.9. The molecule has 4 aromatic rings. The van der Waals surface area contributed by atoms with Gasteiger partial charge in [-0.05, 0) is 36.4 Å². The van der Waals surface area contributed by atoms with Crippen molar-refractivity contribution in [1.29, 1.82) is 5.26 Å². The second-order valence-corrected chi connectivity index (χ2v) is 10.4. The Morgan fingerprint density at radius 3 is 2.42 bits per heavy atom. The van der Waals surface area contributed by atoms with Crippen LogP contribution in [0.1, 0.15) is 27.2 Å². The number of rotatable bonds is 7. The zero-order valence-electron chi connectivity index (χ0n) is 22.4. The molecule has 200 valence electrons. The quantitative estimate of drug-likeness (QED) is 0.251. The van der Waals surface area contributed by atoms with Gasteiger partial charge in [0.25, 0.3) is 0 Å². The second-order valence-electron chi connectivity index (χ2n) is 10.4. The summed E-state index contributed by atoms with van der Waals surface area (Å²) < 4.78 is 1.76. The molecular weight excluding hydrogens is 500 g/mol. The molecule has 0 spiro atoms. The molecule has 2 heterocycles. The van der Waals surface area contributed by atoms with Gasteiger partial charge in [0.2, 0.25) is 11.7 Å². The minimum Gasteiger partial charge on any atom is -0.324 e. The molecule has 6 rings (SSSR count). The maximum Gasteiger partial charge on any atom is 0.249 e. The first-order valence-corrected chi connectivity index (χ1v) is 13.5. The van der Waals surface area contributed by atoms with Gasteiger partial charge < -0.3 is 10.2 Å². The number of ketones is 1. The van der Waals surface area contributed by atoms with Gasteiger partial charge in [-0.15, -0.1) is 0 Å². The second kappa shape index (κ2) is 10.9. The fourth-order valence-corrected chi connectivity index (χ4v) is 5.55. The van der Waals surface area contributed by atoms with Crippen molar-refractivity contribution in [2.45, 2.75) is 13.0 Å². The van der Waals surface area contributed by atoms with Crippen LogP contribution in [0.25, 0.3) is 16.9 Å². The summed E-state index contributed by atoms with van der Waals surface area (Å²) in [6.45, 7) is 4.54. The first-order chi connectivity index (χ1) is 19.5. The Morgan fingerprint density at radius 2 is 1.65 bits per heavy atom. The van der Waals surface area contributed by atoms with Gasteiger partial charge in [-0.25, -0.2) is 4.68 Å². The predicted molar refractivity (Wildman–Crippen MR) is 153 cm³/mol. The number of anilines is 1. The fraction of sp³-hybridized carbons (Fsp3) is 0.250. The number of aromatic nitrogens is 2. The van der Waals surface area contributed by atoms with Crippen LogP contribution < -0.4 is 5.32 Å². The highest BCUT2D eigenvalue weighted by atomic mass is 16.2. The number of hydrogen-bond donors (Lipinski definition) is 1. The number of nitrogens with one attached hydrogen (secondary N) is 1. The molecule has 1 N–H and O–H groups in total. The Labute approximate surface area is 233 Å². The average molecular weight is 531 g/mol. The number of benzene rings is 3. The van der Waals surface area contributed by atoms with Crippen LogP contribution in [-0.2, 0) is 17.8 Å². The molecule has 8 nitrogen and oxygen atoms in total. The Morgan fingerprint density at radius 1 is 0.950 bits per heavy atom. The number of hydrogen-bond acceptors (Lipinski definition) is 6. The molecule has 3 aromatic carbocycles. The van der Waals surface area contributed by atoms with Crippen molar-refractivity contribution in [1.82, 2.24) is 19.6 Å². The largest absolute Gasteiger partial charge is 0.324 e. The molecule has 1 fully saturated rings. The number of para-hydroxylation sites is 2. The van der Waals surface area contributed by atoms with Crippen LogP contribution in [0.3, 0.4) is 0 Å². The number of Topliss-reactive ketones (excluding diaryl/α,β-unsaturated/α-hetero) is 1. The Kier molecular flexibility index (Phi) is 6.99. The third kappa shape index (κ3) is 4.81. The van der Waals surface area contributed by atoms with Crippen molar-refractivity contribution in [3.8, 4) is 23.0 Å². The maximum atomic E-state index is 13.8. The first-order valence-electron chi connectivity index (χ1n) is 13.5. The van der Waals surface area contributed by atoms with Crippen LogP contribution in [0.15, 0.2) is 78.9 Å². The van der Waals surface area contributed by atoms with Gasteiger partial charge in [0, 0.05) is 56.0 Å². The van der Waals surface area contributed by atoms with E-state index < -0.39 is 17.6 Å². The zero-order valence-corrected chi connectivity index (χ0v) is 22.4. The Bertz CT molecular complexity index is 1610. The standard InChI is InChI=1S/C32H30N6O2/c1-36-15-17-37(18-16-36)21-23-10-6-8-14-28(23)34-32(40)27(20-33)31(39)29-26-19-22-9-5-7-13-25(22)30(26)38(35-29)24-11-3-2-4-12-24/h2-14,27H,15-19,21H2,1H3,(H,34,40). The summed E-state index contributed by atoms with van der Waals surface area (Å²) in [6.07, 6.45) is 0.521. The third-order valence-corrected chi connectivity index (χ3v) is 7.78. The van der Waals surface area contributed by atoms with Gasteiger partial charge in [0.15, 0.2) is 5.92 Å². The van der Waals surface area contributed by atoms with E-state index in [-0.39, 0.29) is 5.69 Å². The molecule has 1 amide bonds. The Hall–Kier alpha value is -4.58. The fourth-order valence-electron chi connectivity index (χ4n) is 5.55.